The van der Waals surface area contributed by atoms with Crippen molar-refractivity contribution in [2.45, 2.75) is 12.8 Å². The molecule has 1 aromatic rings. The van der Waals surface area contributed by atoms with Crippen molar-refractivity contribution in [3.05, 3.63) is 29.1 Å². The number of benzene rings is 1. The minimum absolute atomic E-state index is 0.190. The second-order valence-electron chi connectivity index (χ2n) is 4.54. The van der Waals surface area contributed by atoms with Crippen molar-refractivity contribution < 1.29 is 23.3 Å². The molecule has 0 bridgehead atoms. The molecule has 0 radical (unpaired) electrons. The molecule has 0 aromatic heterocycles. The highest BCUT2D eigenvalue weighted by Crippen LogP contribution is 2.19. The Balaban J connectivity index is 2.17. The van der Waals surface area contributed by atoms with Gasteiger partial charge in [-0.25, -0.2) is 17.7 Å². The molecule has 1 amide bonds. The maximum absolute atomic E-state index is 13.6. The number of rotatable bonds is 4. The van der Waals surface area contributed by atoms with Crippen LogP contribution in [0.5, 0.6) is 0 Å². The minimum atomic E-state index is -1.72. The smallest absolute Gasteiger partial charge is 0.338 e. The van der Waals surface area contributed by atoms with Crippen LogP contribution in [0.25, 0.3) is 0 Å². The van der Waals surface area contributed by atoms with E-state index in [-0.39, 0.29) is 11.3 Å². The number of nitrogens with one attached hydrogen (secondary N) is 1. The van der Waals surface area contributed by atoms with Crippen molar-refractivity contribution in [3.8, 4) is 0 Å². The molecule has 0 aliphatic carbocycles. The minimum Gasteiger partial charge on any atom is -0.478 e. The molecule has 1 fully saturated rings. The number of hydrogen-bond donors (Lipinski definition) is 3. The van der Waals surface area contributed by atoms with Crippen LogP contribution in [0.3, 0.4) is 0 Å². The van der Waals surface area contributed by atoms with E-state index in [2.05, 4.69) is 4.72 Å². The number of hydrogen-bond acceptors (Lipinski definition) is 4. The zero-order chi connectivity index (χ0) is 15.6. The normalized spacial score (nSPS) is 16.6. The summed E-state index contributed by atoms with van der Waals surface area (Å²) in [6, 6.07) is 1.60. The Kier molecular flexibility index (Phi) is 4.53. The van der Waals surface area contributed by atoms with E-state index < -0.39 is 34.4 Å². The fourth-order valence-electron chi connectivity index (χ4n) is 2.00. The van der Waals surface area contributed by atoms with E-state index in [9.17, 15) is 18.2 Å². The molecule has 4 N–H and O–H groups in total. The standard InChI is InChI=1S/C12H14FN3O4S/c13-9-5-8(10(14)6-7(9)12(18)19)11(17)15-21(20)16-3-1-2-4-16/h5-6H,1-4,14H2,(H,15,17)(H,18,19). The molecule has 7 nitrogen and oxygen atoms in total. The molecular weight excluding hydrogens is 301 g/mol. The van der Waals surface area contributed by atoms with Gasteiger partial charge < -0.3 is 10.8 Å². The third-order valence-electron chi connectivity index (χ3n) is 3.09. The average molecular weight is 315 g/mol. The molecule has 21 heavy (non-hydrogen) atoms. The van der Waals surface area contributed by atoms with Crippen LogP contribution >= 0.6 is 0 Å². The van der Waals surface area contributed by atoms with Crippen molar-refractivity contribution in [1.29, 1.82) is 0 Å². The van der Waals surface area contributed by atoms with Gasteiger partial charge in [0, 0.05) is 18.8 Å². The van der Waals surface area contributed by atoms with Crippen LogP contribution in [0, 0.1) is 5.82 Å². The van der Waals surface area contributed by atoms with Crippen molar-refractivity contribution >= 4 is 28.7 Å². The zero-order valence-corrected chi connectivity index (χ0v) is 11.8. The SMILES string of the molecule is Nc1cc(C(=O)O)c(F)cc1C(=O)NS(=O)N1CCCC1. The van der Waals surface area contributed by atoms with Crippen LogP contribution in [0.1, 0.15) is 33.6 Å². The van der Waals surface area contributed by atoms with Gasteiger partial charge >= 0.3 is 5.97 Å². The van der Waals surface area contributed by atoms with Crippen LogP contribution in [0.2, 0.25) is 0 Å². The Morgan fingerprint density at radius 1 is 1.29 bits per heavy atom. The lowest BCUT2D eigenvalue weighted by Crippen LogP contribution is -2.37. The summed E-state index contributed by atoms with van der Waals surface area (Å²) < 4.78 is 29.3. The van der Waals surface area contributed by atoms with Crippen molar-refractivity contribution in [1.82, 2.24) is 9.03 Å². The highest BCUT2D eigenvalue weighted by Gasteiger charge is 2.23. The maximum atomic E-state index is 13.6. The molecule has 1 atom stereocenters. The number of carboxylic acids is 1. The van der Waals surface area contributed by atoms with Gasteiger partial charge in [0.2, 0.25) is 0 Å². The lowest BCUT2D eigenvalue weighted by atomic mass is 10.1. The maximum Gasteiger partial charge on any atom is 0.338 e. The van der Waals surface area contributed by atoms with E-state index in [0.717, 1.165) is 25.0 Å². The Morgan fingerprint density at radius 3 is 2.48 bits per heavy atom. The van der Waals surface area contributed by atoms with Gasteiger partial charge in [-0.1, -0.05) is 0 Å². The number of halogens is 1. The van der Waals surface area contributed by atoms with Gasteiger partial charge in [-0.15, -0.1) is 0 Å². The second kappa shape index (κ2) is 6.19. The van der Waals surface area contributed by atoms with Crippen molar-refractivity contribution in [3.63, 3.8) is 0 Å². The van der Waals surface area contributed by atoms with E-state index in [1.807, 2.05) is 0 Å². The molecule has 0 spiro atoms. The predicted octanol–water partition coefficient (Wildman–Crippen LogP) is 0.510. The highest BCUT2D eigenvalue weighted by molar-refractivity contribution is 7.81. The summed E-state index contributed by atoms with van der Waals surface area (Å²) in [6.45, 7) is 1.21. The van der Waals surface area contributed by atoms with Gasteiger partial charge in [-0.2, -0.15) is 0 Å². The summed E-state index contributed by atoms with van der Waals surface area (Å²) in [5.41, 5.74) is 4.50. The third kappa shape index (κ3) is 3.37. The van der Waals surface area contributed by atoms with Crippen LogP contribution < -0.4 is 10.5 Å². The van der Waals surface area contributed by atoms with Gasteiger partial charge in [0.1, 0.15) is 5.82 Å². The van der Waals surface area contributed by atoms with Crippen molar-refractivity contribution in [2.24, 2.45) is 0 Å². The van der Waals surface area contributed by atoms with E-state index in [4.69, 9.17) is 10.8 Å². The number of nitrogen functional groups attached to an aromatic ring is 1. The lowest BCUT2D eigenvalue weighted by Gasteiger charge is -2.14. The second-order valence-corrected chi connectivity index (χ2v) is 5.76. The average Bonchev–Trinajstić information content (AvgIpc) is 2.94. The summed E-state index contributed by atoms with van der Waals surface area (Å²) >= 11 is -1.72. The molecular formula is C12H14FN3O4S. The molecule has 1 aliphatic rings. The first kappa shape index (κ1) is 15.4. The summed E-state index contributed by atoms with van der Waals surface area (Å²) in [4.78, 5) is 22.7. The van der Waals surface area contributed by atoms with E-state index in [1.54, 1.807) is 4.31 Å². The first-order chi connectivity index (χ1) is 9.90. The molecule has 114 valence electrons. The van der Waals surface area contributed by atoms with E-state index in [1.165, 1.54) is 0 Å². The monoisotopic (exact) mass is 315 g/mol. The summed E-state index contributed by atoms with van der Waals surface area (Å²) in [7, 11) is 0. The molecule has 1 saturated heterocycles. The highest BCUT2D eigenvalue weighted by atomic mass is 32.2. The Hall–Kier alpha value is -2.00. The number of amides is 1. The van der Waals surface area contributed by atoms with Gasteiger partial charge in [0.05, 0.1) is 11.1 Å². The van der Waals surface area contributed by atoms with Crippen LogP contribution in [-0.4, -0.2) is 38.6 Å². The molecule has 0 saturated carbocycles. The Labute approximate surface area is 122 Å². The van der Waals surface area contributed by atoms with Gasteiger partial charge in [0.25, 0.3) is 5.91 Å². The number of carbonyl (C=O) groups excluding carboxylic acids is 1. The van der Waals surface area contributed by atoms with Gasteiger partial charge in [-0.05, 0) is 25.0 Å². The number of carbonyl (C=O) groups is 2. The molecule has 1 aliphatic heterocycles. The molecule has 1 unspecified atom stereocenters. The first-order valence-electron chi connectivity index (χ1n) is 6.20. The zero-order valence-electron chi connectivity index (χ0n) is 11.0. The summed E-state index contributed by atoms with van der Waals surface area (Å²) in [6.07, 6.45) is 1.79. The molecule has 2 rings (SSSR count). The quantitative estimate of drug-likeness (QED) is 0.701. The van der Waals surface area contributed by atoms with Crippen LogP contribution in [0.4, 0.5) is 10.1 Å². The number of anilines is 1. The molecule has 1 aromatic carbocycles. The number of nitrogens with two attached hydrogens (primary N) is 1. The first-order valence-corrected chi connectivity index (χ1v) is 7.31. The van der Waals surface area contributed by atoms with E-state index >= 15 is 0 Å². The molecule has 9 heteroatoms. The third-order valence-corrected chi connectivity index (χ3v) is 4.29. The lowest BCUT2D eigenvalue weighted by molar-refractivity contribution is 0.0691. The molecule has 1 heterocycles. The Morgan fingerprint density at radius 2 is 1.90 bits per heavy atom. The van der Waals surface area contributed by atoms with E-state index in [0.29, 0.717) is 13.1 Å². The summed E-state index contributed by atoms with van der Waals surface area (Å²) in [5.74, 6) is -3.37. The van der Waals surface area contributed by atoms with Crippen LogP contribution in [0.15, 0.2) is 12.1 Å². The van der Waals surface area contributed by atoms with Gasteiger partial charge in [0.15, 0.2) is 11.2 Å². The largest absolute Gasteiger partial charge is 0.478 e. The Bertz CT molecular complexity index is 617. The fourth-order valence-corrected chi connectivity index (χ4v) is 2.99. The topological polar surface area (TPSA) is 113 Å². The number of carboxylic acid groups (broad SMARTS) is 1. The number of aromatic carboxylic acids is 1. The fraction of sp³-hybridized carbons (Fsp3) is 0.333. The van der Waals surface area contributed by atoms with Crippen molar-refractivity contribution in [2.75, 3.05) is 18.8 Å². The summed E-state index contributed by atoms with van der Waals surface area (Å²) in [5, 5.41) is 8.76. The van der Waals surface area contributed by atoms with Crippen LogP contribution in [-0.2, 0) is 11.2 Å². The number of nitrogens with zero attached hydrogens (tertiary/aromatic N) is 1. The van der Waals surface area contributed by atoms with Gasteiger partial charge in [-0.3, -0.25) is 9.52 Å². The predicted molar refractivity (Wildman–Crippen MR) is 74.2 cm³/mol.